The summed E-state index contributed by atoms with van der Waals surface area (Å²) < 4.78 is 103. The van der Waals surface area contributed by atoms with Crippen molar-refractivity contribution >= 4 is 106 Å². The number of hydrogen-bond acceptors (Lipinski definition) is 31. The molecule has 39 nitrogen and oxygen atoms in total. The average Bonchev–Trinajstić information content (AvgIpc) is 0.841. The lowest BCUT2D eigenvalue weighted by molar-refractivity contribution is -0.387. The fourth-order valence-electron chi connectivity index (χ4n) is 12.8. The number of carbonyl (C=O) groups is 11. The van der Waals surface area contributed by atoms with E-state index in [2.05, 4.69) is 127 Å². The third-order valence-electron chi connectivity index (χ3n) is 22.0. The SMILES string of the molecule is C=CCOC(=O)N[C@H](C(=O)N[C@@H](C)C(=O)Nc1ccc(COC(=O)Nc2cc(OCCCOc3cc(NC(=O)OCc4ccc(O[C@@H]5O[C@H](C(=O)OCC=C)[C@@H](OC(=O)OCC=C)[C@H](OC(=O)OCC=C)[C@H]5OC(=O)OCC=C)c([N+](=O)[O-])c4)c(C(=O)N4CCC[C@H]4CO[Si](C)(C)C(C)(C)C)cc3OC)c(OC)cc2C(=O)N2CCC[C@H]2CO[Si](C)(C)C(C)(C)C)cc1)C(C)C. The van der Waals surface area contributed by atoms with Crippen molar-refractivity contribution in [1.29, 1.82) is 0 Å². The molecular formula is C90H122N8O31Si2. The summed E-state index contributed by atoms with van der Waals surface area (Å²) in [7, 11) is -1.86. The molecule has 0 bridgehead atoms. The highest BCUT2D eigenvalue weighted by molar-refractivity contribution is 6.74. The fourth-order valence-corrected chi connectivity index (χ4v) is 14.9. The topological polar surface area (TPSA) is 464 Å². The lowest BCUT2D eigenvalue weighted by Gasteiger charge is -2.42. The van der Waals surface area contributed by atoms with Gasteiger partial charge >= 0.3 is 48.4 Å². The molecule has 131 heavy (non-hydrogen) atoms. The van der Waals surface area contributed by atoms with E-state index in [4.69, 9.17) is 84.6 Å². The lowest BCUT2D eigenvalue weighted by Crippen LogP contribution is -2.64. The smallest absolute Gasteiger partial charge is 0.493 e. The third kappa shape index (κ3) is 30.4. The number of methoxy groups -OCH3 is 2. The Bertz CT molecular complexity index is 4720. The van der Waals surface area contributed by atoms with Crippen LogP contribution in [0.25, 0.3) is 0 Å². The molecule has 0 radical (unpaired) electrons. The number of nitro benzene ring substituents is 1. The standard InChI is InChI=1S/C90H122N8O31Si2/c1-21-39-116-81(103)75-73(127-86(107)118-41-23-3)74(128-87(108)119-42-24-4)76(129-88(109)120-43-25-5)82(126-75)125-67-36-33-58(46-66(67)98(110)111)52-122-84(105)94-65-50-71(69(113-16)48-63(65)80(102)97-38-27-30-61(97)54-124-131(19,20)90(12,13)14)115-45-28-44-114-70-49-64(62(47-68(70)112-15)79(101)96-37-26-29-60(96)53-123-130(17,18)89(9,10)11)93-83(104)121-51-57-31-34-59(35-32-57)92-77(99)56(8)91-78(100)72(55(6)7)95-85(106)117-40-22-2/h21-25,31-36,46-50,55-56,60-61,72-76,82H,1-5,26-30,37-45,51-54H2,6-20H3,(H,91,100)(H,92,99)(H,93,104)(H,94,105)(H,95,106)/t56-,60-,61-,72-,73-,74-,75-,76+,82+/m0/s1. The van der Waals surface area contributed by atoms with Crippen molar-refractivity contribution in [3.63, 3.8) is 0 Å². The maximum atomic E-state index is 15.1. The third-order valence-corrected chi connectivity index (χ3v) is 31.0. The van der Waals surface area contributed by atoms with Gasteiger partial charge in [-0.3, -0.25) is 39.9 Å². The molecule has 4 aromatic carbocycles. The summed E-state index contributed by atoms with van der Waals surface area (Å²) >= 11 is 0. The quantitative estimate of drug-likeness (QED) is 0.00522. The van der Waals surface area contributed by atoms with E-state index >= 15 is 4.79 Å². The van der Waals surface area contributed by atoms with Crippen LogP contribution in [0.2, 0.25) is 36.3 Å². The Balaban J connectivity index is 1.14. The van der Waals surface area contributed by atoms with Crippen LogP contribution in [0.5, 0.6) is 28.7 Å². The maximum Gasteiger partial charge on any atom is 0.509 e. The second-order valence-corrected chi connectivity index (χ2v) is 43.4. The first-order chi connectivity index (χ1) is 62.0. The van der Waals surface area contributed by atoms with E-state index in [-0.39, 0.29) is 119 Å². The lowest BCUT2D eigenvalue weighted by atomic mass is 9.98. The van der Waals surface area contributed by atoms with Crippen LogP contribution in [-0.4, -0.2) is 239 Å². The van der Waals surface area contributed by atoms with Crippen LogP contribution in [0.4, 0.5) is 51.5 Å². The van der Waals surface area contributed by atoms with Gasteiger partial charge in [0.05, 0.1) is 80.2 Å². The van der Waals surface area contributed by atoms with E-state index in [1.807, 2.05) is 0 Å². The van der Waals surface area contributed by atoms with Crippen molar-refractivity contribution < 1.29 is 142 Å². The van der Waals surface area contributed by atoms with Gasteiger partial charge in [-0.25, -0.2) is 33.6 Å². The molecule has 3 saturated heterocycles. The summed E-state index contributed by atoms with van der Waals surface area (Å²) in [5.74, 6) is -4.12. The number of amides is 7. The zero-order valence-corrected chi connectivity index (χ0v) is 78.8. The number of nitrogens with zero attached hydrogens (tertiary/aromatic N) is 3. The Hall–Kier alpha value is -12.7. The van der Waals surface area contributed by atoms with Crippen molar-refractivity contribution in [2.45, 2.75) is 199 Å². The molecule has 9 atom stereocenters. The number of esters is 1. The van der Waals surface area contributed by atoms with Crippen molar-refractivity contribution in [2.24, 2.45) is 5.92 Å². The molecule has 3 fully saturated rings. The van der Waals surface area contributed by atoms with Gasteiger partial charge in [0, 0.05) is 43.4 Å². The molecule has 7 amide bonds. The summed E-state index contributed by atoms with van der Waals surface area (Å²) in [5, 5.41) is 26.1. The summed E-state index contributed by atoms with van der Waals surface area (Å²) in [6, 6.07) is 12.5. The largest absolute Gasteiger partial charge is 0.509 e. The van der Waals surface area contributed by atoms with Gasteiger partial charge in [-0.05, 0) is 116 Å². The number of ether oxygens (including phenoxy) is 16. The highest BCUT2D eigenvalue weighted by Crippen LogP contribution is 2.43. The molecule has 4 aromatic rings. The van der Waals surface area contributed by atoms with Crippen LogP contribution < -0.4 is 50.3 Å². The predicted octanol–water partition coefficient (Wildman–Crippen LogP) is 14.5. The molecule has 7 rings (SSSR count). The second kappa shape index (κ2) is 49.3. The van der Waals surface area contributed by atoms with Crippen LogP contribution in [0.15, 0.2) is 130 Å². The maximum absolute atomic E-state index is 15.1. The summed E-state index contributed by atoms with van der Waals surface area (Å²) in [6.07, 6.45) is -9.51. The molecule has 0 aromatic heterocycles. The molecule has 716 valence electrons. The van der Waals surface area contributed by atoms with Crippen LogP contribution >= 0.6 is 0 Å². The summed E-state index contributed by atoms with van der Waals surface area (Å²) in [4.78, 5) is 166. The number of benzene rings is 4. The molecule has 41 heteroatoms. The Kier molecular flexibility index (Phi) is 39.7. The number of hydrogen-bond donors (Lipinski definition) is 5. The van der Waals surface area contributed by atoms with E-state index in [1.54, 1.807) is 47.9 Å². The van der Waals surface area contributed by atoms with Crippen molar-refractivity contribution in [2.75, 3.05) is 103 Å². The van der Waals surface area contributed by atoms with Crippen molar-refractivity contribution in [1.82, 2.24) is 20.4 Å². The van der Waals surface area contributed by atoms with Gasteiger partial charge < -0.3 is 110 Å². The highest BCUT2D eigenvalue weighted by atomic mass is 28.4. The number of likely N-dealkylation sites (tertiary alicyclic amines) is 2. The van der Waals surface area contributed by atoms with E-state index in [0.29, 0.717) is 56.6 Å². The fraction of sp³-hybridized carbons (Fsp3) is 0.500. The average molecular weight is 1870 g/mol. The number of anilines is 3. The van der Waals surface area contributed by atoms with E-state index in [0.717, 1.165) is 12.1 Å². The van der Waals surface area contributed by atoms with Gasteiger partial charge in [-0.1, -0.05) is 137 Å². The van der Waals surface area contributed by atoms with E-state index < -0.39 is 175 Å². The molecule has 3 aliphatic rings. The van der Waals surface area contributed by atoms with Gasteiger partial charge in [0.15, 0.2) is 63.7 Å². The van der Waals surface area contributed by atoms with Gasteiger partial charge in [-0.2, -0.15) is 0 Å². The number of rotatable bonds is 45. The predicted molar refractivity (Wildman–Crippen MR) is 482 cm³/mol. The first kappa shape index (κ1) is 105. The Morgan fingerprint density at radius 2 is 0.969 bits per heavy atom. The van der Waals surface area contributed by atoms with Crippen molar-refractivity contribution in [3.8, 4) is 28.7 Å². The molecular weight excluding hydrogens is 1750 g/mol. The number of nitrogens with one attached hydrogen (secondary N) is 5. The Morgan fingerprint density at radius 1 is 0.527 bits per heavy atom. The minimum absolute atomic E-state index is 0.0114. The Labute approximate surface area is 763 Å². The first-order valence-corrected chi connectivity index (χ1v) is 48.3. The van der Waals surface area contributed by atoms with Crippen LogP contribution in [0.1, 0.15) is 126 Å². The number of nitro groups is 1. The number of carbonyl (C=O) groups excluding carboxylic acids is 11. The monoisotopic (exact) mass is 1870 g/mol. The summed E-state index contributed by atoms with van der Waals surface area (Å²) in [6.45, 7) is 41.8. The van der Waals surface area contributed by atoms with Crippen LogP contribution in [0.3, 0.4) is 0 Å². The first-order valence-electron chi connectivity index (χ1n) is 42.4. The zero-order valence-electron chi connectivity index (χ0n) is 76.8. The highest BCUT2D eigenvalue weighted by Gasteiger charge is 2.58. The molecule has 3 heterocycles. The molecule has 0 aliphatic carbocycles. The zero-order chi connectivity index (χ0) is 96.7. The summed E-state index contributed by atoms with van der Waals surface area (Å²) in [5.41, 5.74) is -0.142. The van der Waals surface area contributed by atoms with Crippen LogP contribution in [-0.2, 0) is 88.6 Å². The van der Waals surface area contributed by atoms with Gasteiger partial charge in [0.1, 0.15) is 58.3 Å². The molecule has 0 unspecified atom stereocenters. The van der Waals surface area contributed by atoms with E-state index in [9.17, 15) is 58.1 Å². The molecule has 5 N–H and O–H groups in total. The van der Waals surface area contributed by atoms with Gasteiger partial charge in [0.25, 0.3) is 11.8 Å². The Morgan fingerprint density at radius 3 is 1.42 bits per heavy atom. The minimum Gasteiger partial charge on any atom is -0.493 e. The molecule has 0 spiro atoms. The van der Waals surface area contributed by atoms with Crippen molar-refractivity contribution in [3.05, 3.63) is 162 Å². The van der Waals surface area contributed by atoms with Crippen LogP contribution in [0, 0.1) is 16.0 Å². The molecule has 3 aliphatic heterocycles. The van der Waals surface area contributed by atoms with Gasteiger partial charge in [0.2, 0.25) is 24.2 Å². The van der Waals surface area contributed by atoms with Gasteiger partial charge in [-0.15, -0.1) is 0 Å². The normalized spacial score (nSPS) is 17.6. The number of alkyl carbamates (subject to hydrolysis) is 1. The molecule has 0 saturated carbocycles. The minimum atomic E-state index is -2.33. The van der Waals surface area contributed by atoms with E-state index in [1.165, 1.54) is 81.9 Å². The second-order valence-electron chi connectivity index (χ2n) is 33.8.